The predicted octanol–water partition coefficient (Wildman–Crippen LogP) is 4.78. The van der Waals surface area contributed by atoms with Gasteiger partial charge in [0.1, 0.15) is 0 Å². The van der Waals surface area contributed by atoms with Crippen molar-refractivity contribution < 1.29 is 12.3 Å². The van der Waals surface area contributed by atoms with Gasteiger partial charge in [-0.15, -0.1) is 0 Å². The Morgan fingerprint density at radius 1 is 0.938 bits per heavy atom. The Balaban J connectivity index is 2.96. The summed E-state index contributed by atoms with van der Waals surface area (Å²) in [6, 6.07) is -3.59. The van der Waals surface area contributed by atoms with Gasteiger partial charge in [-0.2, -0.15) is 0 Å². The molecule has 0 aliphatic carbocycles. The van der Waals surface area contributed by atoms with Gasteiger partial charge in [0.25, 0.3) is 0 Å². The van der Waals surface area contributed by atoms with Crippen molar-refractivity contribution in [1.82, 2.24) is 0 Å². The van der Waals surface area contributed by atoms with Crippen molar-refractivity contribution in [3.05, 3.63) is 70.0 Å². The summed E-state index contributed by atoms with van der Waals surface area (Å²) in [6.45, 7) is 3.09. The topological polar surface area (TPSA) is 0 Å². The number of rotatable bonds is 2. The second kappa shape index (κ2) is 4.42. The molecule has 0 unspecified atom stereocenters. The Hall–Kier alpha value is -1.08. The number of benzene rings is 2. The molecule has 0 atom stereocenters. The summed E-state index contributed by atoms with van der Waals surface area (Å²) in [7, 11) is 0. The molecular formula is C15H15Br. The monoisotopic (exact) mass is 283 g/mol. The second-order valence-corrected chi connectivity index (χ2v) is 4.61. The van der Waals surface area contributed by atoms with Crippen LogP contribution in [0.25, 0.3) is 0 Å². The summed E-state index contributed by atoms with van der Waals surface area (Å²) in [5.41, 5.74) is -1.34. The van der Waals surface area contributed by atoms with E-state index in [0.29, 0.717) is 0 Å². The van der Waals surface area contributed by atoms with Crippen molar-refractivity contribution in [2.24, 2.45) is 0 Å². The van der Waals surface area contributed by atoms with E-state index >= 15 is 0 Å². The number of hydrogen-bond acceptors (Lipinski definition) is 0. The standard InChI is InChI=1S/C15H15Br/c1-15(2,12-7-4-3-5-8-12)13-9-6-10-14(16)11-13/h3-11H,1-2H3/i3D,4D,5D,6D,7D,8D,9D,10D,11D. The molecule has 1 heteroatoms. The first kappa shape index (κ1) is 4.66. The summed E-state index contributed by atoms with van der Waals surface area (Å²) in [5, 5.41) is 0. The fraction of sp³-hybridized carbons (Fsp3) is 0.200. The maximum Gasteiger partial charge on any atom is 0.0638 e. The minimum Gasteiger partial charge on any atom is -0.0622 e. The summed E-state index contributed by atoms with van der Waals surface area (Å²) in [6.07, 6.45) is 0. The van der Waals surface area contributed by atoms with Crippen molar-refractivity contribution in [2.45, 2.75) is 19.3 Å². The van der Waals surface area contributed by atoms with Gasteiger partial charge in [-0.05, 0) is 23.2 Å². The van der Waals surface area contributed by atoms with Crippen LogP contribution >= 0.6 is 15.9 Å². The fourth-order valence-corrected chi connectivity index (χ4v) is 1.62. The van der Waals surface area contributed by atoms with E-state index in [1.165, 1.54) is 0 Å². The van der Waals surface area contributed by atoms with Crippen LogP contribution in [0.2, 0.25) is 0 Å². The molecule has 82 valence electrons. The molecule has 0 aliphatic heterocycles. The van der Waals surface area contributed by atoms with Crippen LogP contribution in [0.15, 0.2) is 58.9 Å². The summed E-state index contributed by atoms with van der Waals surface area (Å²) < 4.78 is 71.8. The molecule has 0 heterocycles. The summed E-state index contributed by atoms with van der Waals surface area (Å²) >= 11 is 3.08. The molecule has 2 aromatic carbocycles. The van der Waals surface area contributed by atoms with Gasteiger partial charge in [-0.25, -0.2) is 0 Å². The maximum atomic E-state index is 8.25. The van der Waals surface area contributed by atoms with Gasteiger partial charge in [0.05, 0.1) is 12.3 Å². The van der Waals surface area contributed by atoms with E-state index in [4.69, 9.17) is 12.3 Å². The molecule has 0 spiro atoms. The SMILES string of the molecule is [2H]c1c([2H])c([2H])c(C(C)(C)c2c([2H])c([2H])c([2H])c(Br)c2[2H])c([2H])c1[2H]. The molecule has 2 rings (SSSR count). The molecular weight excluding hydrogens is 260 g/mol. The molecule has 16 heavy (non-hydrogen) atoms. The first-order valence-corrected chi connectivity index (χ1v) is 5.48. The Bertz CT molecular complexity index is 760. The summed E-state index contributed by atoms with van der Waals surface area (Å²) in [5.74, 6) is 0. The molecule has 0 fully saturated rings. The lowest BCUT2D eigenvalue weighted by Crippen LogP contribution is -2.18. The van der Waals surface area contributed by atoms with Crippen molar-refractivity contribution >= 4 is 15.9 Å². The molecule has 0 bridgehead atoms. The van der Waals surface area contributed by atoms with Crippen LogP contribution in [-0.2, 0) is 5.41 Å². The van der Waals surface area contributed by atoms with Gasteiger partial charge in [0.15, 0.2) is 0 Å². The van der Waals surface area contributed by atoms with E-state index in [0.717, 1.165) is 0 Å². The minimum absolute atomic E-state index is 0.0268. The third-order valence-corrected chi connectivity index (χ3v) is 2.74. The molecule has 0 N–H and O–H groups in total. The Morgan fingerprint density at radius 2 is 1.56 bits per heavy atom. The lowest BCUT2D eigenvalue weighted by Gasteiger charge is -2.26. The zero-order valence-electron chi connectivity index (χ0n) is 17.9. The maximum absolute atomic E-state index is 8.25. The van der Waals surface area contributed by atoms with Crippen LogP contribution in [0.4, 0.5) is 0 Å². The molecule has 0 amide bonds. The average molecular weight is 284 g/mol. The molecule has 0 aliphatic rings. The van der Waals surface area contributed by atoms with Gasteiger partial charge in [-0.3, -0.25) is 0 Å². The summed E-state index contributed by atoms with van der Waals surface area (Å²) in [4.78, 5) is 0. The van der Waals surface area contributed by atoms with E-state index < -0.39 is 41.7 Å². The van der Waals surface area contributed by atoms with Crippen molar-refractivity contribution in [1.29, 1.82) is 0 Å². The van der Waals surface area contributed by atoms with Crippen LogP contribution < -0.4 is 0 Å². The fourth-order valence-electron chi connectivity index (χ4n) is 1.32. The molecule has 0 aromatic heterocycles. The number of hydrogen-bond donors (Lipinski definition) is 0. The van der Waals surface area contributed by atoms with Crippen molar-refractivity contribution in [3.8, 4) is 0 Å². The van der Waals surface area contributed by atoms with E-state index in [1.54, 1.807) is 13.8 Å². The third kappa shape index (κ3) is 2.19. The zero-order chi connectivity index (χ0) is 19.4. The molecule has 0 nitrogen and oxygen atoms in total. The Kier molecular flexibility index (Phi) is 1.29. The highest BCUT2D eigenvalue weighted by atomic mass is 79.9. The van der Waals surface area contributed by atoms with Gasteiger partial charge in [-0.1, -0.05) is 72.1 Å². The van der Waals surface area contributed by atoms with Gasteiger partial charge >= 0.3 is 0 Å². The minimum atomic E-state index is -1.31. The molecule has 0 radical (unpaired) electrons. The van der Waals surface area contributed by atoms with Crippen LogP contribution in [-0.4, -0.2) is 0 Å². The first-order valence-electron chi connectivity index (χ1n) is 9.19. The van der Waals surface area contributed by atoms with E-state index in [1.807, 2.05) is 0 Å². The third-order valence-electron chi connectivity index (χ3n) is 2.34. The second-order valence-electron chi connectivity index (χ2n) is 3.81. The highest BCUT2D eigenvalue weighted by molar-refractivity contribution is 9.10. The quantitative estimate of drug-likeness (QED) is 0.744. The smallest absolute Gasteiger partial charge is 0.0622 e. The van der Waals surface area contributed by atoms with Crippen LogP contribution in [0.5, 0.6) is 0 Å². The molecule has 0 saturated heterocycles. The van der Waals surface area contributed by atoms with Gasteiger partial charge in [0.2, 0.25) is 0 Å². The van der Waals surface area contributed by atoms with Crippen molar-refractivity contribution in [3.63, 3.8) is 0 Å². The molecule has 0 saturated carbocycles. The van der Waals surface area contributed by atoms with Crippen molar-refractivity contribution in [2.75, 3.05) is 0 Å². The predicted molar refractivity (Wildman–Crippen MR) is 72.7 cm³/mol. The normalized spacial score (nSPS) is 19.3. The lowest BCUT2D eigenvalue weighted by atomic mass is 9.78. The Morgan fingerprint density at radius 3 is 2.25 bits per heavy atom. The van der Waals surface area contributed by atoms with Crippen LogP contribution in [0.1, 0.15) is 37.3 Å². The highest BCUT2D eigenvalue weighted by Crippen LogP contribution is 2.32. The van der Waals surface area contributed by atoms with E-state index in [-0.39, 0.29) is 33.7 Å². The zero-order valence-corrected chi connectivity index (χ0v) is 10.5. The highest BCUT2D eigenvalue weighted by Gasteiger charge is 2.22. The van der Waals surface area contributed by atoms with Gasteiger partial charge < -0.3 is 0 Å². The molecule has 2 aromatic rings. The van der Waals surface area contributed by atoms with Gasteiger partial charge in [0, 0.05) is 9.89 Å². The number of halogens is 1. The average Bonchev–Trinajstić information content (AvgIpc) is 2.54. The largest absolute Gasteiger partial charge is 0.0638 e. The van der Waals surface area contributed by atoms with Crippen LogP contribution in [0.3, 0.4) is 0 Å². The van der Waals surface area contributed by atoms with Crippen LogP contribution in [0, 0.1) is 0 Å². The van der Waals surface area contributed by atoms with E-state index in [2.05, 4.69) is 15.9 Å². The van der Waals surface area contributed by atoms with E-state index in [9.17, 15) is 0 Å². The first-order chi connectivity index (χ1) is 11.4. The Labute approximate surface area is 118 Å². The lowest BCUT2D eigenvalue weighted by molar-refractivity contribution is 0.640.